The summed E-state index contributed by atoms with van der Waals surface area (Å²) >= 11 is 3.65. The van der Waals surface area contributed by atoms with E-state index in [1.54, 1.807) is 0 Å². The maximum atomic E-state index is 3.65. The summed E-state index contributed by atoms with van der Waals surface area (Å²) in [7, 11) is 0. The summed E-state index contributed by atoms with van der Waals surface area (Å²) in [4.78, 5) is 2.61. The second-order valence-corrected chi connectivity index (χ2v) is 7.00. The topological polar surface area (TPSA) is 15.3 Å². The van der Waals surface area contributed by atoms with Crippen LogP contribution >= 0.6 is 15.9 Å². The summed E-state index contributed by atoms with van der Waals surface area (Å²) < 4.78 is 1.22. The van der Waals surface area contributed by atoms with Gasteiger partial charge in [0.2, 0.25) is 0 Å². The molecule has 2 rings (SSSR count). The average Bonchev–Trinajstić information content (AvgIpc) is 2.31. The van der Waals surface area contributed by atoms with Crippen molar-refractivity contribution in [2.45, 2.75) is 33.4 Å². The summed E-state index contributed by atoms with van der Waals surface area (Å²) in [5.41, 5.74) is 1.70. The Labute approximate surface area is 119 Å². The van der Waals surface area contributed by atoms with Crippen molar-refractivity contribution in [2.75, 3.05) is 19.6 Å². The lowest BCUT2D eigenvalue weighted by molar-refractivity contribution is 0.0687. The van der Waals surface area contributed by atoms with Gasteiger partial charge in [-0.25, -0.2) is 0 Å². The molecule has 1 aromatic carbocycles. The Balaban J connectivity index is 2.13. The summed E-state index contributed by atoms with van der Waals surface area (Å²) in [5, 5.41) is 3.52. The molecule has 1 aromatic rings. The number of piperazine rings is 1. The van der Waals surface area contributed by atoms with Gasteiger partial charge in [0.25, 0.3) is 0 Å². The van der Waals surface area contributed by atoms with Crippen molar-refractivity contribution in [1.29, 1.82) is 0 Å². The van der Waals surface area contributed by atoms with E-state index in [1.165, 1.54) is 10.0 Å². The van der Waals surface area contributed by atoms with Crippen molar-refractivity contribution in [3.05, 3.63) is 34.3 Å². The molecule has 1 atom stereocenters. The lowest BCUT2D eigenvalue weighted by Crippen LogP contribution is -2.56. The van der Waals surface area contributed by atoms with Gasteiger partial charge >= 0.3 is 0 Å². The highest BCUT2D eigenvalue weighted by Crippen LogP contribution is 2.28. The van der Waals surface area contributed by atoms with Gasteiger partial charge in [-0.1, -0.05) is 54.9 Å². The van der Waals surface area contributed by atoms with Crippen molar-refractivity contribution in [2.24, 2.45) is 5.41 Å². The third-order valence-electron chi connectivity index (χ3n) is 3.69. The van der Waals surface area contributed by atoms with E-state index in [0.717, 1.165) is 26.2 Å². The predicted molar refractivity (Wildman–Crippen MR) is 80.7 cm³/mol. The summed E-state index contributed by atoms with van der Waals surface area (Å²) in [6, 6.07) is 9.13. The molecule has 0 amide bonds. The molecule has 100 valence electrons. The van der Waals surface area contributed by atoms with Gasteiger partial charge in [0.1, 0.15) is 0 Å². The van der Waals surface area contributed by atoms with Crippen LogP contribution in [-0.2, 0) is 6.54 Å². The van der Waals surface area contributed by atoms with Gasteiger partial charge in [0, 0.05) is 36.7 Å². The van der Waals surface area contributed by atoms with Crippen molar-refractivity contribution in [1.82, 2.24) is 10.2 Å². The smallest absolute Gasteiger partial charge is 0.0273 e. The third kappa shape index (κ3) is 3.34. The molecule has 18 heavy (non-hydrogen) atoms. The molecule has 1 aliphatic rings. The summed E-state index contributed by atoms with van der Waals surface area (Å²) in [5.74, 6) is 0. The first-order chi connectivity index (χ1) is 8.48. The molecule has 0 aliphatic carbocycles. The van der Waals surface area contributed by atoms with E-state index < -0.39 is 0 Å². The van der Waals surface area contributed by atoms with Crippen LogP contribution in [0, 0.1) is 5.41 Å². The number of nitrogens with one attached hydrogen (secondary N) is 1. The molecule has 0 radical (unpaired) electrons. The summed E-state index contributed by atoms with van der Waals surface area (Å²) in [6.07, 6.45) is 0. The minimum Gasteiger partial charge on any atom is -0.314 e. The minimum absolute atomic E-state index is 0.314. The second-order valence-electron chi connectivity index (χ2n) is 6.15. The molecule has 0 saturated carbocycles. The quantitative estimate of drug-likeness (QED) is 0.902. The highest BCUT2D eigenvalue weighted by Gasteiger charge is 2.32. The lowest BCUT2D eigenvalue weighted by Gasteiger charge is -2.43. The Morgan fingerprint density at radius 2 is 2.06 bits per heavy atom. The molecular formula is C15H23BrN2. The molecule has 0 spiro atoms. The zero-order valence-corrected chi connectivity index (χ0v) is 13.1. The van der Waals surface area contributed by atoms with Crippen LogP contribution < -0.4 is 5.32 Å². The van der Waals surface area contributed by atoms with Crippen LogP contribution in [0.1, 0.15) is 26.3 Å². The van der Waals surface area contributed by atoms with E-state index in [2.05, 4.69) is 71.2 Å². The van der Waals surface area contributed by atoms with Crippen molar-refractivity contribution >= 4 is 15.9 Å². The molecule has 1 heterocycles. The Hall–Kier alpha value is -0.380. The van der Waals surface area contributed by atoms with E-state index >= 15 is 0 Å². The number of halogens is 1. The number of nitrogens with zero attached hydrogens (tertiary/aromatic N) is 1. The van der Waals surface area contributed by atoms with Gasteiger partial charge < -0.3 is 5.32 Å². The lowest BCUT2D eigenvalue weighted by atomic mass is 9.84. The fraction of sp³-hybridized carbons (Fsp3) is 0.600. The van der Waals surface area contributed by atoms with Gasteiger partial charge in [0.15, 0.2) is 0 Å². The standard InChI is InChI=1S/C15H23BrN2/c1-15(2,3)14-10-17-8-9-18(14)11-12-6-4-5-7-13(12)16/h4-7,14,17H,8-11H2,1-3H3. The number of hydrogen-bond donors (Lipinski definition) is 1. The molecule has 1 N–H and O–H groups in total. The number of benzene rings is 1. The van der Waals surface area contributed by atoms with Crippen molar-refractivity contribution in [3.63, 3.8) is 0 Å². The monoisotopic (exact) mass is 310 g/mol. The van der Waals surface area contributed by atoms with E-state index in [1.807, 2.05) is 0 Å². The van der Waals surface area contributed by atoms with Crippen molar-refractivity contribution < 1.29 is 0 Å². The first-order valence-corrected chi connectivity index (χ1v) is 7.46. The van der Waals surface area contributed by atoms with Gasteiger partial charge in [-0.2, -0.15) is 0 Å². The van der Waals surface area contributed by atoms with E-state index in [-0.39, 0.29) is 0 Å². The van der Waals surface area contributed by atoms with Gasteiger partial charge in [-0.05, 0) is 17.0 Å². The van der Waals surface area contributed by atoms with E-state index in [4.69, 9.17) is 0 Å². The zero-order valence-electron chi connectivity index (χ0n) is 11.5. The van der Waals surface area contributed by atoms with Crippen LogP contribution in [0.15, 0.2) is 28.7 Å². The maximum Gasteiger partial charge on any atom is 0.0273 e. The van der Waals surface area contributed by atoms with Crippen LogP contribution in [-0.4, -0.2) is 30.6 Å². The van der Waals surface area contributed by atoms with Gasteiger partial charge in [0.05, 0.1) is 0 Å². The first kappa shape index (κ1) is 14.0. The van der Waals surface area contributed by atoms with E-state index in [0.29, 0.717) is 11.5 Å². The fourth-order valence-corrected chi connectivity index (χ4v) is 3.05. The van der Waals surface area contributed by atoms with Crippen LogP contribution in [0.3, 0.4) is 0 Å². The van der Waals surface area contributed by atoms with Crippen LogP contribution in [0.2, 0.25) is 0 Å². The zero-order chi connectivity index (χ0) is 13.2. The molecule has 2 nitrogen and oxygen atoms in total. The Morgan fingerprint density at radius 3 is 2.72 bits per heavy atom. The molecular weight excluding hydrogens is 288 g/mol. The van der Waals surface area contributed by atoms with Gasteiger partial charge in [-0.15, -0.1) is 0 Å². The molecule has 1 saturated heterocycles. The predicted octanol–water partition coefficient (Wildman–Crippen LogP) is 3.27. The molecule has 1 unspecified atom stereocenters. The Bertz CT molecular complexity index is 398. The fourth-order valence-electron chi connectivity index (χ4n) is 2.63. The largest absolute Gasteiger partial charge is 0.314 e. The average molecular weight is 311 g/mol. The number of rotatable bonds is 2. The molecule has 3 heteroatoms. The highest BCUT2D eigenvalue weighted by atomic mass is 79.9. The maximum absolute atomic E-state index is 3.65. The van der Waals surface area contributed by atoms with Crippen LogP contribution in [0.4, 0.5) is 0 Å². The molecule has 0 bridgehead atoms. The SMILES string of the molecule is CC(C)(C)C1CNCCN1Cc1ccccc1Br. The first-order valence-electron chi connectivity index (χ1n) is 6.66. The Kier molecular flexibility index (Phi) is 4.46. The normalized spacial score (nSPS) is 22.1. The Morgan fingerprint density at radius 1 is 1.33 bits per heavy atom. The minimum atomic E-state index is 0.314. The van der Waals surface area contributed by atoms with Crippen LogP contribution in [0.5, 0.6) is 0 Å². The number of hydrogen-bond acceptors (Lipinski definition) is 2. The molecule has 1 fully saturated rings. The van der Waals surface area contributed by atoms with E-state index in [9.17, 15) is 0 Å². The van der Waals surface area contributed by atoms with Crippen LogP contribution in [0.25, 0.3) is 0 Å². The second kappa shape index (κ2) is 5.72. The summed E-state index contributed by atoms with van der Waals surface area (Å²) in [6.45, 7) is 11.3. The van der Waals surface area contributed by atoms with Gasteiger partial charge in [-0.3, -0.25) is 4.90 Å². The third-order valence-corrected chi connectivity index (χ3v) is 4.46. The van der Waals surface area contributed by atoms with Crippen molar-refractivity contribution in [3.8, 4) is 0 Å². The molecule has 0 aromatic heterocycles. The highest BCUT2D eigenvalue weighted by molar-refractivity contribution is 9.10. The molecule has 1 aliphatic heterocycles.